The first-order valence-corrected chi connectivity index (χ1v) is 5.87. The van der Waals surface area contributed by atoms with Crippen LogP contribution in [0.1, 0.15) is 6.23 Å². The summed E-state index contributed by atoms with van der Waals surface area (Å²) < 4.78 is 6.64. The number of nitrogens with zero attached hydrogens (tertiary/aromatic N) is 3. The Kier molecular flexibility index (Phi) is 2.94. The van der Waals surface area contributed by atoms with Crippen molar-refractivity contribution in [3.8, 4) is 0 Å². The van der Waals surface area contributed by atoms with Crippen LogP contribution in [0.3, 0.4) is 0 Å². The number of fused-ring (bicyclic) bond motifs is 1. The molecule has 0 aromatic carbocycles. The summed E-state index contributed by atoms with van der Waals surface area (Å²) in [4.78, 5) is 21.8. The van der Waals surface area contributed by atoms with E-state index >= 15 is 0 Å². The van der Waals surface area contributed by atoms with E-state index in [9.17, 15) is 15.0 Å². The lowest BCUT2D eigenvalue weighted by Gasteiger charge is -2.16. The highest BCUT2D eigenvalue weighted by Gasteiger charge is 2.44. The first-order chi connectivity index (χ1) is 9.52. The molecule has 2 aromatic heterocycles. The monoisotopic (exact) mass is 283 g/mol. The molecule has 4 atom stereocenters. The van der Waals surface area contributed by atoms with Crippen molar-refractivity contribution in [3.05, 3.63) is 16.7 Å². The van der Waals surface area contributed by atoms with E-state index in [2.05, 4.69) is 15.0 Å². The Balaban J connectivity index is 2.09. The number of nitrogens with one attached hydrogen (secondary N) is 1. The first kappa shape index (κ1) is 13.0. The van der Waals surface area contributed by atoms with Gasteiger partial charge in [0.1, 0.15) is 18.3 Å². The fourth-order valence-corrected chi connectivity index (χ4v) is 2.24. The molecule has 3 rings (SSSR count). The van der Waals surface area contributed by atoms with E-state index in [4.69, 9.17) is 15.6 Å². The molecule has 10 nitrogen and oxygen atoms in total. The summed E-state index contributed by atoms with van der Waals surface area (Å²) in [5, 5.41) is 28.7. The van der Waals surface area contributed by atoms with Crippen molar-refractivity contribution in [1.29, 1.82) is 0 Å². The molecule has 108 valence electrons. The molecule has 0 saturated carbocycles. The molecule has 0 radical (unpaired) electrons. The molecule has 0 amide bonds. The minimum atomic E-state index is -1.29. The summed E-state index contributed by atoms with van der Waals surface area (Å²) in [7, 11) is 0. The van der Waals surface area contributed by atoms with Gasteiger partial charge in [-0.3, -0.25) is 14.3 Å². The predicted octanol–water partition coefficient (Wildman–Crippen LogP) is -2.69. The third-order valence-corrected chi connectivity index (χ3v) is 3.24. The number of anilines is 1. The lowest BCUT2D eigenvalue weighted by atomic mass is 10.1. The molecule has 2 unspecified atom stereocenters. The maximum atomic E-state index is 11.7. The molecule has 0 aliphatic carbocycles. The number of nitrogens with two attached hydrogens (primary N) is 1. The number of nitrogen functional groups attached to an aromatic ring is 1. The Hall–Kier alpha value is -2.01. The van der Waals surface area contributed by atoms with Gasteiger partial charge >= 0.3 is 0 Å². The van der Waals surface area contributed by atoms with E-state index in [0.717, 1.165) is 0 Å². The van der Waals surface area contributed by atoms with Crippen LogP contribution in [0.15, 0.2) is 11.1 Å². The lowest BCUT2D eigenvalue weighted by molar-refractivity contribution is -0.0511. The van der Waals surface area contributed by atoms with Crippen LogP contribution < -0.4 is 11.3 Å². The second kappa shape index (κ2) is 4.52. The van der Waals surface area contributed by atoms with E-state index < -0.39 is 36.7 Å². The Morgan fingerprint density at radius 3 is 2.85 bits per heavy atom. The Bertz CT molecular complexity index is 697. The Morgan fingerprint density at radius 1 is 1.45 bits per heavy atom. The highest BCUT2D eigenvalue weighted by Crippen LogP contribution is 2.30. The summed E-state index contributed by atoms with van der Waals surface area (Å²) in [5.41, 5.74) is 5.12. The normalized spacial score (nSPS) is 30.1. The lowest BCUT2D eigenvalue weighted by Crippen LogP contribution is -2.33. The summed E-state index contributed by atoms with van der Waals surface area (Å²) in [6, 6.07) is 0. The summed E-state index contributed by atoms with van der Waals surface area (Å²) in [6.45, 7) is -0.447. The SMILES string of the molecule is Nc1nc2c(ncn2[C@H]2O[C@@H](CO)C(O)C2O)c(=O)[nH]1. The fourth-order valence-electron chi connectivity index (χ4n) is 2.24. The molecule has 0 bridgehead atoms. The number of hydrogen-bond acceptors (Lipinski definition) is 8. The molecule has 6 N–H and O–H groups in total. The molecule has 1 aliphatic rings. The summed E-state index contributed by atoms with van der Waals surface area (Å²) >= 11 is 0. The van der Waals surface area contributed by atoms with Crippen molar-refractivity contribution in [2.75, 3.05) is 12.3 Å². The number of imidazole rings is 1. The van der Waals surface area contributed by atoms with Crippen LogP contribution in [-0.2, 0) is 4.74 Å². The van der Waals surface area contributed by atoms with Crippen LogP contribution in [0.2, 0.25) is 0 Å². The van der Waals surface area contributed by atoms with Crippen LogP contribution in [0.25, 0.3) is 11.2 Å². The van der Waals surface area contributed by atoms with Crippen LogP contribution in [-0.4, -0.2) is 59.8 Å². The van der Waals surface area contributed by atoms with Crippen LogP contribution in [0, 0.1) is 0 Å². The van der Waals surface area contributed by atoms with Gasteiger partial charge in [0, 0.05) is 0 Å². The van der Waals surface area contributed by atoms with E-state index in [0.29, 0.717) is 0 Å². The summed E-state index contributed by atoms with van der Waals surface area (Å²) in [6.07, 6.45) is -3.21. The second-order valence-corrected chi connectivity index (χ2v) is 4.50. The standard InChI is InChI=1S/C10H13N5O5/c11-10-13-7-4(8(19)14-10)12-2-15(7)9-6(18)5(17)3(1-16)20-9/h2-3,5-6,9,16-18H,1H2,(H3,11,13,14,19)/t3-,5?,6?,9-/m0/s1. The van der Waals surface area contributed by atoms with E-state index in [1.54, 1.807) is 0 Å². The predicted molar refractivity (Wildman–Crippen MR) is 65.6 cm³/mol. The van der Waals surface area contributed by atoms with Crippen LogP contribution >= 0.6 is 0 Å². The average Bonchev–Trinajstić information content (AvgIpc) is 2.93. The number of aliphatic hydroxyl groups excluding tert-OH is 3. The molecular weight excluding hydrogens is 270 g/mol. The molecule has 1 aliphatic heterocycles. The van der Waals surface area contributed by atoms with Gasteiger partial charge in [-0.2, -0.15) is 4.98 Å². The van der Waals surface area contributed by atoms with Crippen molar-refractivity contribution in [1.82, 2.24) is 19.5 Å². The first-order valence-electron chi connectivity index (χ1n) is 5.87. The number of aromatic amines is 1. The third-order valence-electron chi connectivity index (χ3n) is 3.24. The minimum absolute atomic E-state index is 0.0388. The molecule has 0 spiro atoms. The number of ether oxygens (including phenoxy) is 1. The topological polar surface area (TPSA) is 160 Å². The Morgan fingerprint density at radius 2 is 2.20 bits per heavy atom. The van der Waals surface area contributed by atoms with Gasteiger partial charge in [0.15, 0.2) is 17.4 Å². The summed E-state index contributed by atoms with van der Waals surface area (Å²) in [5.74, 6) is -0.101. The molecular formula is C10H13N5O5. The maximum Gasteiger partial charge on any atom is 0.280 e. The van der Waals surface area contributed by atoms with E-state index in [1.165, 1.54) is 10.9 Å². The number of rotatable bonds is 2. The van der Waals surface area contributed by atoms with Gasteiger partial charge in [-0.15, -0.1) is 0 Å². The largest absolute Gasteiger partial charge is 0.394 e. The zero-order valence-electron chi connectivity index (χ0n) is 10.2. The van der Waals surface area contributed by atoms with Gasteiger partial charge in [0.25, 0.3) is 5.56 Å². The van der Waals surface area contributed by atoms with Gasteiger partial charge in [-0.25, -0.2) is 4.98 Å². The van der Waals surface area contributed by atoms with Gasteiger partial charge in [-0.05, 0) is 0 Å². The molecule has 1 fully saturated rings. The number of aliphatic hydroxyl groups is 3. The number of hydrogen-bond donors (Lipinski definition) is 5. The third kappa shape index (κ3) is 1.78. The van der Waals surface area contributed by atoms with Crippen molar-refractivity contribution in [2.45, 2.75) is 24.5 Å². The van der Waals surface area contributed by atoms with Gasteiger partial charge < -0.3 is 25.8 Å². The molecule has 20 heavy (non-hydrogen) atoms. The molecule has 1 saturated heterocycles. The second-order valence-electron chi connectivity index (χ2n) is 4.50. The van der Waals surface area contributed by atoms with Crippen LogP contribution in [0.4, 0.5) is 5.95 Å². The zero-order valence-corrected chi connectivity index (χ0v) is 10.2. The highest BCUT2D eigenvalue weighted by atomic mass is 16.6. The maximum absolute atomic E-state index is 11.7. The van der Waals surface area contributed by atoms with Crippen molar-refractivity contribution < 1.29 is 20.1 Å². The molecule has 2 aromatic rings. The Labute approximate surface area is 111 Å². The van der Waals surface area contributed by atoms with Crippen molar-refractivity contribution >= 4 is 17.1 Å². The zero-order chi connectivity index (χ0) is 14.4. The van der Waals surface area contributed by atoms with Crippen LogP contribution in [0.5, 0.6) is 0 Å². The quantitative estimate of drug-likeness (QED) is 0.398. The molecule has 3 heterocycles. The average molecular weight is 283 g/mol. The van der Waals surface area contributed by atoms with Crippen molar-refractivity contribution in [3.63, 3.8) is 0 Å². The van der Waals surface area contributed by atoms with Crippen molar-refractivity contribution in [2.24, 2.45) is 0 Å². The smallest absolute Gasteiger partial charge is 0.280 e. The van der Waals surface area contributed by atoms with Gasteiger partial charge in [-0.1, -0.05) is 0 Å². The minimum Gasteiger partial charge on any atom is -0.394 e. The number of H-pyrrole nitrogens is 1. The van der Waals surface area contributed by atoms with Gasteiger partial charge in [0.2, 0.25) is 5.95 Å². The fraction of sp³-hybridized carbons (Fsp3) is 0.500. The molecule has 10 heteroatoms. The highest BCUT2D eigenvalue weighted by molar-refractivity contribution is 5.70. The van der Waals surface area contributed by atoms with E-state index in [-0.39, 0.29) is 17.1 Å². The van der Waals surface area contributed by atoms with Gasteiger partial charge in [0.05, 0.1) is 12.9 Å². The number of aromatic nitrogens is 4. The van der Waals surface area contributed by atoms with E-state index in [1.807, 2.05) is 0 Å².